The van der Waals surface area contributed by atoms with E-state index in [4.69, 9.17) is 9.15 Å². The van der Waals surface area contributed by atoms with Gasteiger partial charge in [0, 0.05) is 11.4 Å². The highest BCUT2D eigenvalue weighted by Gasteiger charge is 2.21. The fraction of sp³-hybridized carbons (Fsp3) is 0.348. The topological polar surface area (TPSA) is 54.7 Å². The Morgan fingerprint density at radius 2 is 1.93 bits per heavy atom. The van der Waals surface area contributed by atoms with Crippen LogP contribution in [-0.4, -0.2) is 24.5 Å². The highest BCUT2D eigenvalue weighted by molar-refractivity contribution is 7.09. The minimum absolute atomic E-state index is 0.00244. The summed E-state index contributed by atoms with van der Waals surface area (Å²) in [5.74, 6) is 1.93. The van der Waals surface area contributed by atoms with Gasteiger partial charge in [0.1, 0.15) is 11.5 Å². The van der Waals surface area contributed by atoms with Crippen LogP contribution >= 0.6 is 11.3 Å². The number of methoxy groups -OCH3 is 1. The minimum atomic E-state index is -0.0550. The van der Waals surface area contributed by atoms with E-state index >= 15 is 0 Å². The predicted octanol–water partition coefficient (Wildman–Crippen LogP) is 4.87. The molecule has 2 heterocycles. The lowest BCUT2D eigenvalue weighted by Crippen LogP contribution is -2.39. The van der Waals surface area contributed by atoms with E-state index in [0.29, 0.717) is 19.6 Å². The number of amides is 1. The number of nitrogens with zero attached hydrogens (tertiary/aromatic N) is 1. The fourth-order valence-corrected chi connectivity index (χ4v) is 4.03. The molecule has 154 valence electrons. The average Bonchev–Trinajstić information content (AvgIpc) is 3.40. The van der Waals surface area contributed by atoms with Gasteiger partial charge < -0.3 is 14.5 Å². The molecule has 0 spiro atoms. The number of carbonyl (C=O) groups excluding carboxylic acids is 1. The van der Waals surface area contributed by atoms with Gasteiger partial charge in [-0.05, 0) is 47.2 Å². The summed E-state index contributed by atoms with van der Waals surface area (Å²) in [6.45, 7) is 5.83. The van der Waals surface area contributed by atoms with Crippen molar-refractivity contribution in [1.82, 2.24) is 10.2 Å². The van der Waals surface area contributed by atoms with Crippen LogP contribution < -0.4 is 10.1 Å². The molecule has 0 aliphatic carbocycles. The number of rotatable bonds is 10. The van der Waals surface area contributed by atoms with Gasteiger partial charge in [-0.1, -0.05) is 32.0 Å². The van der Waals surface area contributed by atoms with Crippen molar-refractivity contribution in [1.29, 1.82) is 0 Å². The Hall–Kier alpha value is -2.57. The molecule has 2 aromatic heterocycles. The van der Waals surface area contributed by atoms with Crippen molar-refractivity contribution in [3.05, 3.63) is 76.4 Å². The van der Waals surface area contributed by atoms with Crippen molar-refractivity contribution in [2.24, 2.45) is 5.92 Å². The van der Waals surface area contributed by atoms with Crippen molar-refractivity contribution in [2.75, 3.05) is 13.7 Å². The first-order chi connectivity index (χ1) is 14.0. The molecule has 6 heteroatoms. The smallest absolute Gasteiger partial charge is 0.234 e. The lowest BCUT2D eigenvalue weighted by atomic mass is 9.96. The van der Waals surface area contributed by atoms with Crippen molar-refractivity contribution in [3.8, 4) is 5.75 Å². The van der Waals surface area contributed by atoms with E-state index in [2.05, 4.69) is 35.5 Å². The summed E-state index contributed by atoms with van der Waals surface area (Å²) in [5.41, 5.74) is 1.07. The summed E-state index contributed by atoms with van der Waals surface area (Å²) < 4.78 is 10.7. The average molecular weight is 413 g/mol. The van der Waals surface area contributed by atoms with E-state index in [9.17, 15) is 4.79 Å². The van der Waals surface area contributed by atoms with Crippen LogP contribution in [0.5, 0.6) is 5.75 Å². The van der Waals surface area contributed by atoms with E-state index < -0.39 is 0 Å². The Balaban J connectivity index is 1.67. The Morgan fingerprint density at radius 1 is 1.14 bits per heavy atom. The molecule has 1 amide bonds. The molecule has 0 radical (unpaired) electrons. The molecule has 1 aromatic carbocycles. The lowest BCUT2D eigenvalue weighted by Gasteiger charge is -2.26. The number of hydrogen-bond acceptors (Lipinski definition) is 5. The first-order valence-electron chi connectivity index (χ1n) is 9.75. The maximum Gasteiger partial charge on any atom is 0.234 e. The normalized spacial score (nSPS) is 12.3. The van der Waals surface area contributed by atoms with Crippen LogP contribution in [0, 0.1) is 5.92 Å². The van der Waals surface area contributed by atoms with Crippen LogP contribution in [0.2, 0.25) is 0 Å². The van der Waals surface area contributed by atoms with E-state index in [1.807, 2.05) is 42.5 Å². The molecule has 0 aliphatic rings. The molecule has 0 fully saturated rings. The molecule has 5 nitrogen and oxygen atoms in total. The first kappa shape index (κ1) is 21.1. The zero-order chi connectivity index (χ0) is 20.6. The summed E-state index contributed by atoms with van der Waals surface area (Å²) in [7, 11) is 1.65. The molecule has 1 atom stereocenters. The number of hydrogen-bond donors (Lipinski definition) is 1. The monoisotopic (exact) mass is 412 g/mol. The largest absolute Gasteiger partial charge is 0.497 e. The number of furan rings is 1. The molecular weight excluding hydrogens is 384 g/mol. The van der Waals surface area contributed by atoms with E-state index in [0.717, 1.165) is 17.1 Å². The molecule has 0 saturated carbocycles. The van der Waals surface area contributed by atoms with Gasteiger partial charge in [0.2, 0.25) is 5.91 Å². The van der Waals surface area contributed by atoms with Crippen molar-refractivity contribution in [2.45, 2.75) is 33.0 Å². The third-order valence-corrected chi connectivity index (χ3v) is 5.61. The highest BCUT2D eigenvalue weighted by Crippen LogP contribution is 2.24. The summed E-state index contributed by atoms with van der Waals surface area (Å²) in [4.78, 5) is 16.2. The molecular formula is C23H28N2O3S. The van der Waals surface area contributed by atoms with Gasteiger partial charge in [0.05, 0.1) is 32.5 Å². The molecule has 0 aliphatic heterocycles. The summed E-state index contributed by atoms with van der Waals surface area (Å²) in [6, 6.07) is 15.8. The predicted molar refractivity (Wildman–Crippen MR) is 116 cm³/mol. The van der Waals surface area contributed by atoms with Crippen molar-refractivity contribution in [3.63, 3.8) is 0 Å². The van der Waals surface area contributed by atoms with Crippen LogP contribution in [0.15, 0.2) is 64.6 Å². The quantitative estimate of drug-likeness (QED) is 0.516. The van der Waals surface area contributed by atoms with Crippen LogP contribution in [0.4, 0.5) is 0 Å². The van der Waals surface area contributed by atoms with Crippen molar-refractivity contribution < 1.29 is 13.9 Å². The Bertz CT molecular complexity index is 822. The molecule has 0 saturated heterocycles. The molecule has 0 bridgehead atoms. The molecule has 1 unspecified atom stereocenters. The molecule has 1 N–H and O–H groups in total. The summed E-state index contributed by atoms with van der Waals surface area (Å²) in [5, 5.41) is 5.27. The molecule has 29 heavy (non-hydrogen) atoms. The fourth-order valence-electron chi connectivity index (χ4n) is 3.28. The third-order valence-electron chi connectivity index (χ3n) is 4.74. The second-order valence-corrected chi connectivity index (χ2v) is 8.40. The second kappa shape index (κ2) is 10.3. The zero-order valence-electron chi connectivity index (χ0n) is 17.1. The van der Waals surface area contributed by atoms with Gasteiger partial charge >= 0.3 is 0 Å². The van der Waals surface area contributed by atoms with Gasteiger partial charge in [-0.3, -0.25) is 9.69 Å². The van der Waals surface area contributed by atoms with Crippen LogP contribution in [0.1, 0.15) is 36.1 Å². The molecule has 3 aromatic rings. The van der Waals surface area contributed by atoms with Crippen LogP contribution in [0.3, 0.4) is 0 Å². The van der Waals surface area contributed by atoms with Gasteiger partial charge in [0.25, 0.3) is 0 Å². The SMILES string of the molecule is COc1ccc(C(NC(=O)CN(Cc2ccco2)Cc2cccs2)C(C)C)cc1. The Morgan fingerprint density at radius 3 is 2.52 bits per heavy atom. The van der Waals surface area contributed by atoms with Gasteiger partial charge in [-0.2, -0.15) is 0 Å². The van der Waals surface area contributed by atoms with Crippen LogP contribution in [-0.2, 0) is 17.9 Å². The highest BCUT2D eigenvalue weighted by atomic mass is 32.1. The third kappa shape index (κ3) is 6.21. The standard InChI is InChI=1S/C23H28N2O3S/c1-17(2)23(18-8-10-19(27-3)11-9-18)24-22(26)16-25(14-20-6-4-12-28-20)15-21-7-5-13-29-21/h4-13,17,23H,14-16H2,1-3H3,(H,24,26). The van der Waals surface area contributed by atoms with Gasteiger partial charge in [0.15, 0.2) is 0 Å². The Labute approximate surface area is 176 Å². The molecule has 3 rings (SSSR count). The van der Waals surface area contributed by atoms with Crippen molar-refractivity contribution >= 4 is 17.2 Å². The first-order valence-corrected chi connectivity index (χ1v) is 10.6. The number of benzene rings is 1. The number of carbonyl (C=O) groups is 1. The maximum absolute atomic E-state index is 12.9. The Kier molecular flexibility index (Phi) is 7.49. The lowest BCUT2D eigenvalue weighted by molar-refractivity contribution is -0.123. The van der Waals surface area contributed by atoms with E-state index in [1.54, 1.807) is 24.7 Å². The number of ether oxygens (including phenoxy) is 1. The second-order valence-electron chi connectivity index (χ2n) is 7.37. The zero-order valence-corrected chi connectivity index (χ0v) is 17.9. The number of thiophene rings is 1. The number of nitrogens with one attached hydrogen (secondary N) is 1. The summed E-state index contributed by atoms with van der Waals surface area (Å²) >= 11 is 1.69. The summed E-state index contributed by atoms with van der Waals surface area (Å²) in [6.07, 6.45) is 1.66. The van der Waals surface area contributed by atoms with Gasteiger partial charge in [-0.15, -0.1) is 11.3 Å². The van der Waals surface area contributed by atoms with Crippen LogP contribution in [0.25, 0.3) is 0 Å². The van der Waals surface area contributed by atoms with E-state index in [-0.39, 0.29) is 17.9 Å². The van der Waals surface area contributed by atoms with Gasteiger partial charge in [-0.25, -0.2) is 0 Å². The van der Waals surface area contributed by atoms with E-state index in [1.165, 1.54) is 4.88 Å². The maximum atomic E-state index is 12.9. The minimum Gasteiger partial charge on any atom is -0.497 e.